The van der Waals surface area contributed by atoms with Gasteiger partial charge in [0.2, 0.25) is 0 Å². The van der Waals surface area contributed by atoms with Gasteiger partial charge in [-0.25, -0.2) is 24.1 Å². The lowest BCUT2D eigenvalue weighted by molar-refractivity contribution is -0.189. The number of benzene rings is 1. The van der Waals surface area contributed by atoms with E-state index in [2.05, 4.69) is 20.0 Å². The number of ether oxygens (including phenoxy) is 2. The molecule has 1 aromatic carbocycles. The molecule has 13 heteroatoms. The quantitative estimate of drug-likeness (QED) is 0.266. The zero-order valence-electron chi connectivity index (χ0n) is 21.3. The van der Waals surface area contributed by atoms with Crippen LogP contribution in [0.3, 0.4) is 0 Å². The van der Waals surface area contributed by atoms with Gasteiger partial charge in [-0.05, 0) is 18.4 Å². The van der Waals surface area contributed by atoms with E-state index < -0.39 is 55.0 Å². The van der Waals surface area contributed by atoms with Crippen LogP contribution in [0.4, 0.5) is 5.82 Å². The summed E-state index contributed by atoms with van der Waals surface area (Å²) in [6.07, 6.45) is 1.60. The van der Waals surface area contributed by atoms with Gasteiger partial charge < -0.3 is 34.8 Å². The average Bonchev–Trinajstić information content (AvgIpc) is 3.67. The van der Waals surface area contributed by atoms with E-state index in [9.17, 15) is 30.0 Å². The van der Waals surface area contributed by atoms with E-state index in [1.165, 1.54) is 17.0 Å². The molecular weight excluding hydrogens is 510 g/mol. The molecule has 5 rings (SSSR count). The van der Waals surface area contributed by atoms with Crippen molar-refractivity contribution in [3.8, 4) is 0 Å². The van der Waals surface area contributed by atoms with Crippen molar-refractivity contribution in [2.45, 2.75) is 68.2 Å². The predicted molar refractivity (Wildman–Crippen MR) is 135 cm³/mol. The van der Waals surface area contributed by atoms with Crippen molar-refractivity contribution in [3.05, 3.63) is 54.1 Å². The minimum absolute atomic E-state index is 0.333. The van der Waals surface area contributed by atoms with Crippen LogP contribution in [0.25, 0.3) is 5.65 Å². The number of carbonyl (C=O) groups is 2. The van der Waals surface area contributed by atoms with Crippen LogP contribution < -0.4 is 4.90 Å². The van der Waals surface area contributed by atoms with E-state index in [1.54, 1.807) is 30.3 Å². The van der Waals surface area contributed by atoms with Gasteiger partial charge in [0.15, 0.2) is 11.5 Å². The number of hydrogen-bond acceptors (Lipinski definition) is 10. The molecule has 13 nitrogen and oxygen atoms in total. The number of anilines is 1. The SMILES string of the molecule is CN(c1ncnn2c(C3O[C@H](COC(Cc4ccccc4)(C(=O)O)C(=O)O)[C@@H](O)[C@H]3O)cnc12)C1CCCC1. The standard InChI is InChI=1S/C26H31N5O8/c1-30(16-9-5-6-10-16)22-23-27-12-17(31(23)29-14-28-22)21-20(33)19(32)18(39-21)13-38-26(24(34)35,25(36)37)11-15-7-3-2-4-8-15/h2-4,7-8,12,14,16,18-21,32-33H,5-6,9-11,13H2,1H3,(H,34,35)(H,36,37)/t18-,19-,20-,21?/m1/s1. The highest BCUT2D eigenvalue weighted by Crippen LogP contribution is 2.36. The molecule has 0 bridgehead atoms. The Morgan fingerprint density at radius 3 is 2.46 bits per heavy atom. The van der Waals surface area contributed by atoms with E-state index in [0.717, 1.165) is 25.7 Å². The highest BCUT2D eigenvalue weighted by Gasteiger charge is 2.51. The minimum atomic E-state index is -2.62. The molecule has 1 saturated heterocycles. The fraction of sp³-hybridized carbons (Fsp3) is 0.500. The van der Waals surface area contributed by atoms with Crippen molar-refractivity contribution in [3.63, 3.8) is 0 Å². The van der Waals surface area contributed by atoms with Gasteiger partial charge in [-0.2, -0.15) is 5.10 Å². The van der Waals surface area contributed by atoms with E-state index >= 15 is 0 Å². The second-order valence-electron chi connectivity index (χ2n) is 10.0. The maximum Gasteiger partial charge on any atom is 0.348 e. The molecule has 2 aromatic heterocycles. The predicted octanol–water partition coefficient (Wildman–Crippen LogP) is 0.832. The van der Waals surface area contributed by atoms with Crippen molar-refractivity contribution in [2.24, 2.45) is 0 Å². The summed E-state index contributed by atoms with van der Waals surface area (Å²) in [7, 11) is 1.96. The molecule has 1 saturated carbocycles. The first-order valence-corrected chi connectivity index (χ1v) is 12.8. The van der Waals surface area contributed by atoms with Gasteiger partial charge in [0, 0.05) is 19.5 Å². The van der Waals surface area contributed by atoms with Crippen LogP contribution in [0.5, 0.6) is 0 Å². The maximum atomic E-state index is 12.1. The Labute approximate surface area is 223 Å². The summed E-state index contributed by atoms with van der Waals surface area (Å²) in [5.74, 6) is -2.76. The molecule has 3 aromatic rings. The molecule has 2 fully saturated rings. The number of aliphatic hydroxyl groups is 2. The number of fused-ring (bicyclic) bond motifs is 1. The van der Waals surface area contributed by atoms with Crippen LogP contribution in [0.15, 0.2) is 42.9 Å². The Morgan fingerprint density at radius 1 is 1.10 bits per heavy atom. The van der Waals surface area contributed by atoms with Crippen LogP contribution in [0, 0.1) is 0 Å². The van der Waals surface area contributed by atoms with Crippen molar-refractivity contribution in [1.29, 1.82) is 0 Å². The average molecular weight is 542 g/mol. The van der Waals surface area contributed by atoms with Gasteiger partial charge in [-0.1, -0.05) is 43.2 Å². The first kappa shape index (κ1) is 26.9. The van der Waals surface area contributed by atoms with Crippen LogP contribution >= 0.6 is 0 Å². The van der Waals surface area contributed by atoms with E-state index in [1.807, 2.05) is 7.05 Å². The summed E-state index contributed by atoms with van der Waals surface area (Å²) in [5, 5.41) is 45.5. The number of rotatable bonds is 10. The van der Waals surface area contributed by atoms with Gasteiger partial charge in [0.05, 0.1) is 18.5 Å². The number of carboxylic acid groups (broad SMARTS) is 2. The summed E-state index contributed by atoms with van der Waals surface area (Å²) < 4.78 is 12.9. The van der Waals surface area contributed by atoms with Crippen LogP contribution in [0.1, 0.15) is 43.0 Å². The smallest absolute Gasteiger partial charge is 0.348 e. The topological polar surface area (TPSA) is 180 Å². The van der Waals surface area contributed by atoms with Crippen molar-refractivity contribution in [1.82, 2.24) is 19.6 Å². The number of nitrogens with zero attached hydrogens (tertiary/aromatic N) is 5. The molecule has 4 N–H and O–H groups in total. The van der Waals surface area contributed by atoms with Gasteiger partial charge in [0.1, 0.15) is 30.7 Å². The van der Waals surface area contributed by atoms with Gasteiger partial charge in [0.25, 0.3) is 5.60 Å². The van der Waals surface area contributed by atoms with Crippen molar-refractivity contribution in [2.75, 3.05) is 18.6 Å². The number of aliphatic carboxylic acids is 2. The Bertz CT molecular complexity index is 1310. The number of aromatic nitrogens is 4. The molecule has 1 aliphatic heterocycles. The van der Waals surface area contributed by atoms with Crippen LogP contribution in [-0.2, 0) is 25.5 Å². The summed E-state index contributed by atoms with van der Waals surface area (Å²) in [6.45, 7) is -0.596. The van der Waals surface area contributed by atoms with E-state index in [0.29, 0.717) is 28.8 Å². The zero-order valence-corrected chi connectivity index (χ0v) is 21.3. The molecule has 208 valence electrons. The summed E-state index contributed by atoms with van der Waals surface area (Å²) >= 11 is 0. The van der Waals surface area contributed by atoms with E-state index in [4.69, 9.17) is 9.47 Å². The van der Waals surface area contributed by atoms with Crippen molar-refractivity contribution < 1.29 is 39.5 Å². The molecule has 3 heterocycles. The molecule has 0 amide bonds. The third kappa shape index (κ3) is 4.93. The van der Waals surface area contributed by atoms with Crippen LogP contribution in [0.2, 0.25) is 0 Å². The molecule has 0 spiro atoms. The van der Waals surface area contributed by atoms with Gasteiger partial charge >= 0.3 is 11.9 Å². The van der Waals surface area contributed by atoms with E-state index in [-0.39, 0.29) is 0 Å². The van der Waals surface area contributed by atoms with Gasteiger partial charge in [-0.3, -0.25) is 0 Å². The normalized spacial score (nSPS) is 23.9. The fourth-order valence-electron chi connectivity index (χ4n) is 5.39. The third-order valence-electron chi connectivity index (χ3n) is 7.65. The fourth-order valence-corrected chi connectivity index (χ4v) is 5.39. The first-order valence-electron chi connectivity index (χ1n) is 12.8. The summed E-state index contributed by atoms with van der Waals surface area (Å²) in [5.41, 5.74) is -1.36. The minimum Gasteiger partial charge on any atom is -0.479 e. The monoisotopic (exact) mass is 541 g/mol. The second kappa shape index (κ2) is 10.8. The first-order chi connectivity index (χ1) is 18.7. The third-order valence-corrected chi connectivity index (χ3v) is 7.65. The molecule has 1 aliphatic carbocycles. The Kier molecular flexibility index (Phi) is 7.49. The lowest BCUT2D eigenvalue weighted by Gasteiger charge is -2.27. The summed E-state index contributed by atoms with van der Waals surface area (Å²) in [6, 6.07) is 8.56. The number of carboxylic acids is 2. The molecule has 0 radical (unpaired) electrons. The number of aliphatic hydroxyl groups excluding tert-OH is 2. The lowest BCUT2D eigenvalue weighted by atomic mass is 9.94. The molecule has 4 atom stereocenters. The largest absolute Gasteiger partial charge is 0.479 e. The molecule has 1 unspecified atom stereocenters. The number of hydrogen-bond donors (Lipinski definition) is 4. The number of imidazole rings is 1. The van der Waals surface area contributed by atoms with Gasteiger partial charge in [-0.15, -0.1) is 0 Å². The highest BCUT2D eigenvalue weighted by atomic mass is 16.6. The lowest BCUT2D eigenvalue weighted by Crippen LogP contribution is -2.52. The van der Waals surface area contributed by atoms with Crippen LogP contribution in [-0.4, -0.2) is 95.6 Å². The maximum absolute atomic E-state index is 12.1. The second-order valence-corrected chi connectivity index (χ2v) is 10.0. The Balaban J connectivity index is 1.36. The highest BCUT2D eigenvalue weighted by molar-refractivity contribution is 6.02. The summed E-state index contributed by atoms with van der Waals surface area (Å²) in [4.78, 5) is 35.2. The molecule has 39 heavy (non-hydrogen) atoms. The zero-order chi connectivity index (χ0) is 27.7. The van der Waals surface area contributed by atoms with Crippen molar-refractivity contribution >= 4 is 23.4 Å². The Morgan fingerprint density at radius 2 is 1.79 bits per heavy atom. The Hall–Kier alpha value is -3.65. The molecular formula is C26H31N5O8. The molecule has 2 aliphatic rings.